The Balaban J connectivity index is 3.51. The van der Waals surface area contributed by atoms with E-state index in [0.717, 1.165) is 18.6 Å². The lowest BCUT2D eigenvalue weighted by atomic mass is 10.3. The van der Waals surface area contributed by atoms with Gasteiger partial charge in [0.25, 0.3) is 0 Å². The van der Waals surface area contributed by atoms with Gasteiger partial charge in [0.1, 0.15) is 0 Å². The second-order valence-electron chi connectivity index (χ2n) is 3.65. The van der Waals surface area contributed by atoms with E-state index in [-0.39, 0.29) is 17.6 Å². The van der Waals surface area contributed by atoms with Gasteiger partial charge in [0.15, 0.2) is 0 Å². The highest BCUT2D eigenvalue weighted by Crippen LogP contribution is 2.12. The molecule has 0 rings (SSSR count). The Bertz CT molecular complexity index is 221. The Morgan fingerprint density at radius 3 is 2.62 bits per heavy atom. The molecule has 0 spiro atoms. The molecule has 0 bridgehead atoms. The number of thioether (sulfide) groups is 1. The van der Waals surface area contributed by atoms with Crippen molar-refractivity contribution in [3.63, 3.8) is 0 Å². The van der Waals surface area contributed by atoms with Crippen LogP contribution >= 0.6 is 11.8 Å². The third-order valence-electron chi connectivity index (χ3n) is 2.10. The molecule has 1 unspecified atom stereocenters. The van der Waals surface area contributed by atoms with Crippen LogP contribution in [0.5, 0.6) is 0 Å². The van der Waals surface area contributed by atoms with E-state index in [1.165, 1.54) is 0 Å². The van der Waals surface area contributed by atoms with E-state index in [9.17, 15) is 9.59 Å². The van der Waals surface area contributed by atoms with Crippen LogP contribution in [0.15, 0.2) is 0 Å². The fourth-order valence-electron chi connectivity index (χ4n) is 1.08. The van der Waals surface area contributed by atoms with E-state index in [2.05, 4.69) is 12.2 Å². The summed E-state index contributed by atoms with van der Waals surface area (Å²) in [6, 6.07) is 0. The molecular formula is C11H21NO3S. The van der Waals surface area contributed by atoms with Gasteiger partial charge in [-0.05, 0) is 25.5 Å². The Labute approximate surface area is 101 Å². The van der Waals surface area contributed by atoms with Crippen LogP contribution < -0.4 is 5.32 Å². The van der Waals surface area contributed by atoms with Crippen LogP contribution in [-0.2, 0) is 9.59 Å². The minimum absolute atomic E-state index is 0.00601. The molecule has 0 aromatic heterocycles. The molecule has 4 nitrogen and oxygen atoms in total. The zero-order valence-corrected chi connectivity index (χ0v) is 10.8. The molecular weight excluding hydrogens is 226 g/mol. The van der Waals surface area contributed by atoms with Crippen molar-refractivity contribution in [2.24, 2.45) is 0 Å². The minimum atomic E-state index is -0.820. The SMILES string of the molecule is CCCCSC(C)C(=O)NCCCC(=O)O. The van der Waals surface area contributed by atoms with Crippen LogP contribution in [0.1, 0.15) is 39.5 Å². The summed E-state index contributed by atoms with van der Waals surface area (Å²) in [4.78, 5) is 21.7. The summed E-state index contributed by atoms with van der Waals surface area (Å²) in [5.41, 5.74) is 0. The number of aliphatic carboxylic acids is 1. The fraction of sp³-hybridized carbons (Fsp3) is 0.818. The third kappa shape index (κ3) is 8.59. The molecule has 0 saturated heterocycles. The molecule has 0 saturated carbocycles. The summed E-state index contributed by atoms with van der Waals surface area (Å²) in [6.07, 6.45) is 2.87. The van der Waals surface area contributed by atoms with Crippen molar-refractivity contribution in [2.75, 3.05) is 12.3 Å². The first-order valence-corrected chi connectivity index (χ1v) is 6.74. The van der Waals surface area contributed by atoms with Crippen LogP contribution in [0.2, 0.25) is 0 Å². The maximum absolute atomic E-state index is 11.5. The van der Waals surface area contributed by atoms with Crippen molar-refractivity contribution in [3.05, 3.63) is 0 Å². The van der Waals surface area contributed by atoms with Gasteiger partial charge in [0.05, 0.1) is 5.25 Å². The maximum atomic E-state index is 11.5. The first-order chi connectivity index (χ1) is 7.57. The molecule has 1 amide bonds. The summed E-state index contributed by atoms with van der Waals surface area (Å²) in [7, 11) is 0. The largest absolute Gasteiger partial charge is 0.481 e. The lowest BCUT2D eigenvalue weighted by molar-refractivity contribution is -0.137. The highest BCUT2D eigenvalue weighted by Gasteiger charge is 2.11. The van der Waals surface area contributed by atoms with Gasteiger partial charge < -0.3 is 10.4 Å². The molecule has 0 fully saturated rings. The van der Waals surface area contributed by atoms with E-state index in [0.29, 0.717) is 13.0 Å². The zero-order chi connectivity index (χ0) is 12.4. The molecule has 2 N–H and O–H groups in total. The first kappa shape index (κ1) is 15.3. The monoisotopic (exact) mass is 247 g/mol. The van der Waals surface area contributed by atoms with Gasteiger partial charge in [-0.1, -0.05) is 13.3 Å². The highest BCUT2D eigenvalue weighted by atomic mass is 32.2. The molecule has 0 aromatic carbocycles. The quantitative estimate of drug-likeness (QED) is 0.611. The zero-order valence-electron chi connectivity index (χ0n) is 9.99. The number of carbonyl (C=O) groups is 2. The van der Waals surface area contributed by atoms with Crippen LogP contribution in [0.4, 0.5) is 0 Å². The van der Waals surface area contributed by atoms with Crippen LogP contribution in [0.25, 0.3) is 0 Å². The minimum Gasteiger partial charge on any atom is -0.481 e. The van der Waals surface area contributed by atoms with Crippen molar-refractivity contribution in [3.8, 4) is 0 Å². The Morgan fingerprint density at radius 2 is 2.06 bits per heavy atom. The number of carboxylic acids is 1. The van der Waals surface area contributed by atoms with Gasteiger partial charge in [-0.15, -0.1) is 11.8 Å². The summed E-state index contributed by atoms with van der Waals surface area (Å²) in [6.45, 7) is 4.45. The number of nitrogens with one attached hydrogen (secondary N) is 1. The van der Waals surface area contributed by atoms with Gasteiger partial charge in [-0.3, -0.25) is 9.59 Å². The molecule has 0 aromatic rings. The van der Waals surface area contributed by atoms with E-state index >= 15 is 0 Å². The Hall–Kier alpha value is -0.710. The van der Waals surface area contributed by atoms with Gasteiger partial charge in [-0.25, -0.2) is 0 Å². The van der Waals surface area contributed by atoms with E-state index in [4.69, 9.17) is 5.11 Å². The molecule has 0 aliphatic heterocycles. The number of rotatable bonds is 9. The number of hydrogen-bond donors (Lipinski definition) is 2. The summed E-state index contributed by atoms with van der Waals surface area (Å²) in [5, 5.41) is 11.1. The average Bonchev–Trinajstić information content (AvgIpc) is 2.24. The maximum Gasteiger partial charge on any atom is 0.303 e. The molecule has 0 radical (unpaired) electrons. The Kier molecular flexibility index (Phi) is 9.09. The van der Waals surface area contributed by atoms with E-state index in [1.54, 1.807) is 11.8 Å². The molecule has 16 heavy (non-hydrogen) atoms. The van der Waals surface area contributed by atoms with Crippen molar-refractivity contribution < 1.29 is 14.7 Å². The standard InChI is InChI=1S/C11H21NO3S/c1-3-4-8-16-9(2)11(15)12-7-5-6-10(13)14/h9H,3-8H2,1-2H3,(H,12,15)(H,13,14). The molecule has 5 heteroatoms. The number of carboxylic acid groups (broad SMARTS) is 1. The number of hydrogen-bond acceptors (Lipinski definition) is 3. The van der Waals surface area contributed by atoms with Crippen molar-refractivity contribution in [1.29, 1.82) is 0 Å². The predicted octanol–water partition coefficient (Wildman–Crippen LogP) is 1.89. The molecule has 0 heterocycles. The van der Waals surface area contributed by atoms with Crippen LogP contribution in [0, 0.1) is 0 Å². The third-order valence-corrected chi connectivity index (χ3v) is 3.34. The summed E-state index contributed by atoms with van der Waals surface area (Å²) >= 11 is 1.65. The van der Waals surface area contributed by atoms with Gasteiger partial charge in [0.2, 0.25) is 5.91 Å². The topological polar surface area (TPSA) is 66.4 Å². The lowest BCUT2D eigenvalue weighted by Crippen LogP contribution is -2.32. The van der Waals surface area contributed by atoms with Crippen molar-refractivity contribution in [1.82, 2.24) is 5.32 Å². The van der Waals surface area contributed by atoms with Crippen LogP contribution in [0.3, 0.4) is 0 Å². The molecule has 1 atom stereocenters. The fourth-order valence-corrected chi connectivity index (χ4v) is 2.12. The highest BCUT2D eigenvalue weighted by molar-refractivity contribution is 8.00. The van der Waals surface area contributed by atoms with Crippen LogP contribution in [-0.4, -0.2) is 34.5 Å². The second kappa shape index (κ2) is 9.51. The number of amides is 1. The van der Waals surface area contributed by atoms with E-state index < -0.39 is 5.97 Å². The average molecular weight is 247 g/mol. The first-order valence-electron chi connectivity index (χ1n) is 5.69. The number of carbonyl (C=O) groups excluding carboxylic acids is 1. The smallest absolute Gasteiger partial charge is 0.303 e. The normalized spacial score (nSPS) is 12.1. The molecule has 94 valence electrons. The summed E-state index contributed by atoms with van der Waals surface area (Å²) in [5.74, 6) is 0.186. The molecule has 0 aliphatic rings. The predicted molar refractivity (Wildman–Crippen MR) is 66.7 cm³/mol. The van der Waals surface area contributed by atoms with Crippen molar-refractivity contribution in [2.45, 2.75) is 44.8 Å². The second-order valence-corrected chi connectivity index (χ2v) is 5.10. The van der Waals surface area contributed by atoms with Gasteiger partial charge in [0, 0.05) is 13.0 Å². The Morgan fingerprint density at radius 1 is 1.38 bits per heavy atom. The lowest BCUT2D eigenvalue weighted by Gasteiger charge is -2.11. The van der Waals surface area contributed by atoms with Gasteiger partial charge in [-0.2, -0.15) is 0 Å². The van der Waals surface area contributed by atoms with Crippen molar-refractivity contribution >= 4 is 23.6 Å². The number of unbranched alkanes of at least 4 members (excludes halogenated alkanes) is 1. The summed E-state index contributed by atoms with van der Waals surface area (Å²) < 4.78 is 0. The van der Waals surface area contributed by atoms with E-state index in [1.807, 2.05) is 6.92 Å². The molecule has 0 aliphatic carbocycles. The van der Waals surface area contributed by atoms with Gasteiger partial charge >= 0.3 is 5.97 Å².